The summed E-state index contributed by atoms with van der Waals surface area (Å²) in [4.78, 5) is 25.3. The van der Waals surface area contributed by atoms with Gasteiger partial charge in [0.1, 0.15) is 5.75 Å². The first kappa shape index (κ1) is 17.7. The first-order chi connectivity index (χ1) is 12.1. The van der Waals surface area contributed by atoms with Crippen LogP contribution in [-0.2, 0) is 20.7 Å². The number of carboxylic acid groups (broad SMARTS) is 1. The number of aliphatic carboxylic acids is 1. The fourth-order valence-corrected chi connectivity index (χ4v) is 3.83. The molecule has 0 unspecified atom stereocenters. The van der Waals surface area contributed by atoms with E-state index in [1.54, 1.807) is 12.0 Å². The van der Waals surface area contributed by atoms with Crippen LogP contribution in [0.2, 0.25) is 0 Å². The predicted octanol–water partition coefficient (Wildman–Crippen LogP) is 2.21. The van der Waals surface area contributed by atoms with E-state index in [1.807, 2.05) is 6.07 Å². The number of nitrogens with zero attached hydrogens (tertiary/aromatic N) is 1. The Kier molecular flexibility index (Phi) is 5.58. The zero-order valence-corrected chi connectivity index (χ0v) is 14.6. The molecule has 6 nitrogen and oxygen atoms in total. The van der Waals surface area contributed by atoms with Crippen LogP contribution >= 0.6 is 0 Å². The molecule has 0 saturated carbocycles. The number of benzene rings is 1. The molecular formula is C19H25NO5. The highest BCUT2D eigenvalue weighted by molar-refractivity contribution is 5.77. The summed E-state index contributed by atoms with van der Waals surface area (Å²) in [7, 11) is 1.66. The average molecular weight is 347 g/mol. The van der Waals surface area contributed by atoms with E-state index in [9.17, 15) is 9.59 Å². The molecule has 136 valence electrons. The molecule has 2 atom stereocenters. The van der Waals surface area contributed by atoms with Gasteiger partial charge < -0.3 is 19.5 Å². The molecule has 1 amide bonds. The lowest BCUT2D eigenvalue weighted by molar-refractivity contribution is -0.147. The fourth-order valence-electron chi connectivity index (χ4n) is 3.83. The van der Waals surface area contributed by atoms with Crippen molar-refractivity contribution in [3.8, 4) is 5.75 Å². The van der Waals surface area contributed by atoms with Crippen molar-refractivity contribution in [3.05, 3.63) is 29.3 Å². The van der Waals surface area contributed by atoms with Crippen molar-refractivity contribution in [1.82, 2.24) is 4.90 Å². The number of carbonyl (C=O) groups excluding carboxylic acids is 1. The van der Waals surface area contributed by atoms with Crippen LogP contribution in [0.5, 0.6) is 5.75 Å². The highest BCUT2D eigenvalue weighted by Crippen LogP contribution is 2.36. The Balaban J connectivity index is 1.65. The zero-order chi connectivity index (χ0) is 17.8. The molecule has 3 rings (SSSR count). The van der Waals surface area contributed by atoms with Gasteiger partial charge in [-0.2, -0.15) is 0 Å². The quantitative estimate of drug-likeness (QED) is 0.884. The maximum absolute atomic E-state index is 12.7. The minimum atomic E-state index is -0.894. The standard InChI is InChI=1S/C19H25NO5/c1-24-15-5-6-17-13(9-15)3-2-4-14(17)10-18(21)20-7-8-25-16(12-20)11-19(22)23/h5-6,9,14,16H,2-4,7-8,10-12H2,1H3,(H,22,23)/t14-,16-/m1/s1. The van der Waals surface area contributed by atoms with E-state index in [-0.39, 0.29) is 18.2 Å². The maximum atomic E-state index is 12.7. The van der Waals surface area contributed by atoms with Crippen LogP contribution in [0.4, 0.5) is 0 Å². The summed E-state index contributed by atoms with van der Waals surface area (Å²) >= 11 is 0. The summed E-state index contributed by atoms with van der Waals surface area (Å²) in [5.74, 6) is 0.278. The Hall–Kier alpha value is -2.08. The van der Waals surface area contributed by atoms with E-state index < -0.39 is 12.1 Å². The molecule has 1 saturated heterocycles. The third-order valence-corrected chi connectivity index (χ3v) is 5.10. The van der Waals surface area contributed by atoms with Gasteiger partial charge in [-0.05, 0) is 48.4 Å². The van der Waals surface area contributed by atoms with Gasteiger partial charge in [0, 0.05) is 19.5 Å². The molecule has 1 aromatic rings. The maximum Gasteiger partial charge on any atom is 0.306 e. The van der Waals surface area contributed by atoms with Crippen molar-refractivity contribution < 1.29 is 24.2 Å². The van der Waals surface area contributed by atoms with Crippen LogP contribution in [0.3, 0.4) is 0 Å². The second-order valence-electron chi connectivity index (χ2n) is 6.79. The number of amides is 1. The lowest BCUT2D eigenvalue weighted by atomic mass is 9.80. The lowest BCUT2D eigenvalue weighted by Crippen LogP contribution is -2.46. The number of carbonyl (C=O) groups is 2. The van der Waals surface area contributed by atoms with Gasteiger partial charge in [0.25, 0.3) is 0 Å². The molecule has 1 heterocycles. The smallest absolute Gasteiger partial charge is 0.306 e. The molecule has 25 heavy (non-hydrogen) atoms. The average Bonchev–Trinajstić information content (AvgIpc) is 2.61. The van der Waals surface area contributed by atoms with Crippen LogP contribution in [0, 0.1) is 0 Å². The summed E-state index contributed by atoms with van der Waals surface area (Å²) in [5.41, 5.74) is 2.52. The normalized spacial score (nSPS) is 23.0. The molecule has 1 aromatic carbocycles. The lowest BCUT2D eigenvalue weighted by Gasteiger charge is -2.34. The Bertz CT molecular complexity index is 645. The van der Waals surface area contributed by atoms with E-state index in [0.717, 1.165) is 25.0 Å². The Morgan fingerprint density at radius 2 is 2.20 bits per heavy atom. The van der Waals surface area contributed by atoms with Crippen LogP contribution in [0.15, 0.2) is 18.2 Å². The minimum Gasteiger partial charge on any atom is -0.497 e. The highest BCUT2D eigenvalue weighted by atomic mass is 16.5. The molecule has 0 radical (unpaired) electrons. The summed E-state index contributed by atoms with van der Waals surface area (Å²) in [5, 5.41) is 8.91. The third-order valence-electron chi connectivity index (χ3n) is 5.10. The van der Waals surface area contributed by atoms with Crippen molar-refractivity contribution in [1.29, 1.82) is 0 Å². The SMILES string of the molecule is COc1ccc2c(c1)CCC[C@@H]2CC(=O)N1CCO[C@H](CC(=O)O)C1. The number of aryl methyl sites for hydroxylation is 1. The molecule has 0 bridgehead atoms. The molecular weight excluding hydrogens is 322 g/mol. The number of methoxy groups -OCH3 is 1. The van der Waals surface area contributed by atoms with Crippen molar-refractivity contribution in [3.63, 3.8) is 0 Å². The van der Waals surface area contributed by atoms with E-state index in [2.05, 4.69) is 12.1 Å². The summed E-state index contributed by atoms with van der Waals surface area (Å²) < 4.78 is 10.8. The molecule has 2 aliphatic rings. The summed E-state index contributed by atoms with van der Waals surface area (Å²) in [6.45, 7) is 1.31. The molecule has 1 fully saturated rings. The van der Waals surface area contributed by atoms with E-state index in [1.165, 1.54) is 11.1 Å². The Labute approximate surface area is 147 Å². The largest absolute Gasteiger partial charge is 0.497 e. The third kappa shape index (κ3) is 4.31. The van der Waals surface area contributed by atoms with Crippen LogP contribution in [0.1, 0.15) is 42.7 Å². The van der Waals surface area contributed by atoms with Crippen molar-refractivity contribution in [2.75, 3.05) is 26.8 Å². The first-order valence-electron chi connectivity index (χ1n) is 8.85. The van der Waals surface area contributed by atoms with Crippen LogP contribution < -0.4 is 4.74 Å². The van der Waals surface area contributed by atoms with Gasteiger partial charge in [-0.25, -0.2) is 0 Å². The van der Waals surface area contributed by atoms with Crippen LogP contribution in [-0.4, -0.2) is 54.8 Å². The zero-order valence-electron chi connectivity index (χ0n) is 14.6. The van der Waals surface area contributed by atoms with Crippen molar-refractivity contribution in [2.24, 2.45) is 0 Å². The van der Waals surface area contributed by atoms with Gasteiger partial charge in [-0.1, -0.05) is 6.07 Å². The van der Waals surface area contributed by atoms with Crippen molar-refractivity contribution >= 4 is 11.9 Å². The Morgan fingerprint density at radius 1 is 1.36 bits per heavy atom. The van der Waals surface area contributed by atoms with Gasteiger partial charge in [0.2, 0.25) is 5.91 Å². The molecule has 0 spiro atoms. The second kappa shape index (κ2) is 7.87. The topological polar surface area (TPSA) is 76.1 Å². The summed E-state index contributed by atoms with van der Waals surface area (Å²) in [6.07, 6.45) is 3.11. The number of rotatable bonds is 5. The second-order valence-corrected chi connectivity index (χ2v) is 6.79. The molecule has 1 N–H and O–H groups in total. The number of carboxylic acids is 1. The number of hydrogen-bond acceptors (Lipinski definition) is 4. The predicted molar refractivity (Wildman–Crippen MR) is 91.9 cm³/mol. The van der Waals surface area contributed by atoms with Crippen molar-refractivity contribution in [2.45, 2.75) is 44.1 Å². The first-order valence-corrected chi connectivity index (χ1v) is 8.85. The summed E-state index contributed by atoms with van der Waals surface area (Å²) in [6, 6.07) is 6.11. The molecule has 1 aliphatic carbocycles. The van der Waals surface area contributed by atoms with Gasteiger partial charge in [0.05, 0.1) is 26.2 Å². The van der Waals surface area contributed by atoms with Gasteiger partial charge in [-0.3, -0.25) is 9.59 Å². The highest BCUT2D eigenvalue weighted by Gasteiger charge is 2.29. The van der Waals surface area contributed by atoms with E-state index in [0.29, 0.717) is 26.1 Å². The van der Waals surface area contributed by atoms with Gasteiger partial charge in [-0.15, -0.1) is 0 Å². The Morgan fingerprint density at radius 3 is 2.96 bits per heavy atom. The number of morpholine rings is 1. The van der Waals surface area contributed by atoms with Gasteiger partial charge in [0.15, 0.2) is 0 Å². The minimum absolute atomic E-state index is 0.0597. The van der Waals surface area contributed by atoms with E-state index in [4.69, 9.17) is 14.6 Å². The number of ether oxygens (including phenoxy) is 2. The molecule has 1 aliphatic heterocycles. The fraction of sp³-hybridized carbons (Fsp3) is 0.579. The van der Waals surface area contributed by atoms with Gasteiger partial charge >= 0.3 is 5.97 Å². The van der Waals surface area contributed by atoms with E-state index >= 15 is 0 Å². The molecule has 6 heteroatoms. The monoisotopic (exact) mass is 347 g/mol. The number of fused-ring (bicyclic) bond motifs is 1. The molecule has 0 aromatic heterocycles. The van der Waals surface area contributed by atoms with Crippen LogP contribution in [0.25, 0.3) is 0 Å². The number of hydrogen-bond donors (Lipinski definition) is 1.